The molecule has 3 rings (SSSR count). The van der Waals surface area contributed by atoms with Crippen molar-refractivity contribution >= 4 is 21.6 Å². The molecule has 158 valence electrons. The van der Waals surface area contributed by atoms with Gasteiger partial charge in [-0.25, -0.2) is 0 Å². The summed E-state index contributed by atoms with van der Waals surface area (Å²) in [6.45, 7) is 7.70. The van der Waals surface area contributed by atoms with Gasteiger partial charge in [0, 0.05) is 43.4 Å². The maximum atomic E-state index is 11.1. The summed E-state index contributed by atoms with van der Waals surface area (Å²) >= 11 is 3.63. The molecule has 0 radical (unpaired) electrons. The molecule has 2 aromatic carbocycles. The Labute approximate surface area is 183 Å². The quantitative estimate of drug-likeness (QED) is 0.594. The second kappa shape index (κ2) is 9.96. The SMILES string of the molecule is CC(C)Oc1ccc(N(C)CCC2(O)CCN(Cc3ccccc3Br)CC2)cc1. The number of benzene rings is 2. The summed E-state index contributed by atoms with van der Waals surface area (Å²) in [5.41, 5.74) is 1.89. The van der Waals surface area contributed by atoms with Gasteiger partial charge < -0.3 is 14.7 Å². The first kappa shape index (κ1) is 22.1. The molecule has 0 aromatic heterocycles. The minimum Gasteiger partial charge on any atom is -0.491 e. The molecule has 1 aliphatic rings. The maximum Gasteiger partial charge on any atom is 0.119 e. The Morgan fingerprint density at radius 3 is 2.38 bits per heavy atom. The molecule has 0 bridgehead atoms. The minimum absolute atomic E-state index is 0.182. The summed E-state index contributed by atoms with van der Waals surface area (Å²) < 4.78 is 6.87. The highest BCUT2D eigenvalue weighted by molar-refractivity contribution is 9.10. The Balaban J connectivity index is 1.46. The summed E-state index contributed by atoms with van der Waals surface area (Å²) in [6.07, 6.45) is 2.62. The average molecular weight is 461 g/mol. The number of ether oxygens (including phenoxy) is 1. The van der Waals surface area contributed by atoms with Crippen molar-refractivity contribution in [2.24, 2.45) is 0 Å². The molecule has 1 heterocycles. The van der Waals surface area contributed by atoms with Crippen LogP contribution in [0.2, 0.25) is 0 Å². The largest absolute Gasteiger partial charge is 0.491 e. The lowest BCUT2D eigenvalue weighted by molar-refractivity contribution is -0.0275. The highest BCUT2D eigenvalue weighted by atomic mass is 79.9. The van der Waals surface area contributed by atoms with Gasteiger partial charge >= 0.3 is 0 Å². The minimum atomic E-state index is -0.570. The molecule has 1 aliphatic heterocycles. The average Bonchev–Trinajstić information content (AvgIpc) is 2.70. The number of nitrogens with zero attached hydrogens (tertiary/aromatic N) is 2. The molecular weight excluding hydrogens is 428 g/mol. The molecule has 0 amide bonds. The normalized spacial score (nSPS) is 16.8. The van der Waals surface area contributed by atoms with Crippen LogP contribution < -0.4 is 9.64 Å². The Morgan fingerprint density at radius 1 is 1.10 bits per heavy atom. The van der Waals surface area contributed by atoms with E-state index in [0.29, 0.717) is 0 Å². The number of hydrogen-bond donors (Lipinski definition) is 1. The topological polar surface area (TPSA) is 35.9 Å². The first-order chi connectivity index (χ1) is 13.8. The zero-order valence-corrected chi connectivity index (χ0v) is 19.4. The predicted molar refractivity (Wildman–Crippen MR) is 124 cm³/mol. The summed E-state index contributed by atoms with van der Waals surface area (Å²) in [5.74, 6) is 0.896. The predicted octanol–water partition coefficient (Wildman–Crippen LogP) is 5.09. The summed E-state index contributed by atoms with van der Waals surface area (Å²) in [5, 5.41) is 11.1. The first-order valence-electron chi connectivity index (χ1n) is 10.5. The lowest BCUT2D eigenvalue weighted by atomic mass is 9.88. The van der Waals surface area contributed by atoms with E-state index in [2.05, 4.69) is 63.1 Å². The van der Waals surface area contributed by atoms with Crippen LogP contribution in [0.3, 0.4) is 0 Å². The van der Waals surface area contributed by atoms with Gasteiger partial charge in [0.1, 0.15) is 5.75 Å². The fourth-order valence-corrected chi connectivity index (χ4v) is 4.21. The molecule has 0 saturated carbocycles. The third-order valence-electron chi connectivity index (χ3n) is 5.70. The highest BCUT2D eigenvalue weighted by Crippen LogP contribution is 2.29. The second-order valence-electron chi connectivity index (χ2n) is 8.42. The van der Waals surface area contributed by atoms with Gasteiger partial charge in [0.2, 0.25) is 0 Å². The van der Waals surface area contributed by atoms with Crippen LogP contribution in [0, 0.1) is 0 Å². The zero-order chi connectivity index (χ0) is 20.9. The Bertz CT molecular complexity index is 771. The van der Waals surface area contributed by atoms with Gasteiger partial charge in [-0.15, -0.1) is 0 Å². The molecule has 0 spiro atoms. The Hall–Kier alpha value is -1.56. The van der Waals surface area contributed by atoms with Gasteiger partial charge in [-0.05, 0) is 69.0 Å². The van der Waals surface area contributed by atoms with Crippen molar-refractivity contribution in [3.05, 3.63) is 58.6 Å². The van der Waals surface area contributed by atoms with Crippen LogP contribution >= 0.6 is 15.9 Å². The molecule has 5 heteroatoms. The van der Waals surface area contributed by atoms with Gasteiger partial charge in [-0.2, -0.15) is 0 Å². The van der Waals surface area contributed by atoms with Crippen LogP contribution in [0.25, 0.3) is 0 Å². The van der Waals surface area contributed by atoms with Crippen molar-refractivity contribution < 1.29 is 9.84 Å². The van der Waals surface area contributed by atoms with Gasteiger partial charge in [-0.1, -0.05) is 34.1 Å². The fourth-order valence-electron chi connectivity index (χ4n) is 3.80. The van der Waals surface area contributed by atoms with Crippen molar-refractivity contribution in [2.45, 2.75) is 51.4 Å². The smallest absolute Gasteiger partial charge is 0.119 e. The third kappa shape index (κ3) is 6.46. The first-order valence-corrected chi connectivity index (χ1v) is 11.3. The molecule has 0 unspecified atom stereocenters. The monoisotopic (exact) mass is 460 g/mol. The van der Waals surface area contributed by atoms with Crippen molar-refractivity contribution in [1.29, 1.82) is 0 Å². The Kier molecular flexibility index (Phi) is 7.60. The van der Waals surface area contributed by atoms with E-state index < -0.39 is 5.60 Å². The summed E-state index contributed by atoms with van der Waals surface area (Å²) in [7, 11) is 2.09. The van der Waals surface area contributed by atoms with Gasteiger partial charge in [0.05, 0.1) is 11.7 Å². The van der Waals surface area contributed by atoms with Crippen molar-refractivity contribution in [3.8, 4) is 5.75 Å². The Morgan fingerprint density at radius 2 is 1.76 bits per heavy atom. The van der Waals surface area contributed by atoms with E-state index in [1.54, 1.807) is 0 Å². The molecule has 1 saturated heterocycles. The maximum absolute atomic E-state index is 11.1. The number of halogens is 1. The van der Waals surface area contributed by atoms with Crippen molar-refractivity contribution in [1.82, 2.24) is 4.90 Å². The van der Waals surface area contributed by atoms with Crippen LogP contribution in [0.1, 0.15) is 38.7 Å². The molecule has 0 aliphatic carbocycles. The molecule has 1 N–H and O–H groups in total. The molecule has 2 aromatic rings. The van der Waals surface area contributed by atoms with Crippen LogP contribution in [-0.2, 0) is 6.54 Å². The van der Waals surface area contributed by atoms with Crippen LogP contribution in [0.5, 0.6) is 5.75 Å². The lowest BCUT2D eigenvalue weighted by Crippen LogP contribution is -2.45. The molecular formula is C24H33BrN2O2. The number of hydrogen-bond acceptors (Lipinski definition) is 4. The van der Waals surface area contributed by atoms with E-state index in [4.69, 9.17) is 4.74 Å². The number of rotatable bonds is 8. The van der Waals surface area contributed by atoms with E-state index >= 15 is 0 Å². The fraction of sp³-hybridized carbons (Fsp3) is 0.500. The number of aliphatic hydroxyl groups is 1. The van der Waals surface area contributed by atoms with Gasteiger partial charge in [-0.3, -0.25) is 4.90 Å². The number of likely N-dealkylation sites (tertiary alicyclic amines) is 1. The van der Waals surface area contributed by atoms with Gasteiger partial charge in [0.15, 0.2) is 0 Å². The molecule has 1 fully saturated rings. The molecule has 4 nitrogen and oxygen atoms in total. The van der Waals surface area contributed by atoms with E-state index in [-0.39, 0.29) is 6.10 Å². The van der Waals surface area contributed by atoms with Crippen molar-refractivity contribution in [2.75, 3.05) is 31.6 Å². The number of piperidine rings is 1. The number of anilines is 1. The van der Waals surface area contributed by atoms with E-state index in [1.165, 1.54) is 5.56 Å². The van der Waals surface area contributed by atoms with E-state index in [0.717, 1.165) is 61.4 Å². The molecule has 29 heavy (non-hydrogen) atoms. The van der Waals surface area contributed by atoms with Crippen molar-refractivity contribution in [3.63, 3.8) is 0 Å². The summed E-state index contributed by atoms with van der Waals surface area (Å²) in [6, 6.07) is 16.6. The lowest BCUT2D eigenvalue weighted by Gasteiger charge is -2.39. The zero-order valence-electron chi connectivity index (χ0n) is 17.8. The second-order valence-corrected chi connectivity index (χ2v) is 9.28. The van der Waals surface area contributed by atoms with Crippen LogP contribution in [0.4, 0.5) is 5.69 Å². The van der Waals surface area contributed by atoms with Gasteiger partial charge in [0.25, 0.3) is 0 Å². The highest BCUT2D eigenvalue weighted by Gasteiger charge is 2.32. The third-order valence-corrected chi connectivity index (χ3v) is 6.47. The summed E-state index contributed by atoms with van der Waals surface area (Å²) in [4.78, 5) is 4.65. The molecule has 0 atom stereocenters. The van der Waals surface area contributed by atoms with Crippen LogP contribution in [-0.4, -0.2) is 48.4 Å². The van der Waals surface area contributed by atoms with E-state index in [1.807, 2.05) is 32.0 Å². The van der Waals surface area contributed by atoms with Crippen LogP contribution in [0.15, 0.2) is 53.0 Å². The van der Waals surface area contributed by atoms with E-state index in [9.17, 15) is 5.11 Å². The standard InChI is InChI=1S/C24H33BrN2O2/c1-19(2)29-22-10-8-21(9-11-22)26(3)15-12-24(28)13-16-27(17-14-24)18-20-6-4-5-7-23(20)25/h4-11,19,28H,12-18H2,1-3H3.